The Hall–Kier alpha value is -3.30. The number of rotatable bonds is 9. The Morgan fingerprint density at radius 3 is 2.53 bits per heavy atom. The van der Waals surface area contributed by atoms with Crippen LogP contribution in [0.5, 0.6) is 0 Å². The number of hydrogen-bond acceptors (Lipinski definition) is 5. The molecule has 1 atom stereocenters. The maximum atomic E-state index is 13.2. The Morgan fingerprint density at radius 2 is 1.84 bits per heavy atom. The molecular weight excluding hydrogens is 428 g/mol. The molecule has 9 heteroatoms. The minimum atomic E-state index is -0.964. The van der Waals surface area contributed by atoms with Gasteiger partial charge in [-0.05, 0) is 48.8 Å². The van der Waals surface area contributed by atoms with Crippen LogP contribution in [-0.2, 0) is 20.9 Å². The molecular formula is C23H26N4O4S. The van der Waals surface area contributed by atoms with Crippen LogP contribution in [0, 0.1) is 6.92 Å². The maximum Gasteiger partial charge on any atom is 0.254 e. The highest BCUT2D eigenvalue weighted by molar-refractivity contribution is 7.80. The zero-order chi connectivity index (χ0) is 23.1. The van der Waals surface area contributed by atoms with Gasteiger partial charge >= 0.3 is 0 Å². The molecule has 1 saturated heterocycles. The molecule has 1 heterocycles. The third kappa shape index (κ3) is 5.89. The summed E-state index contributed by atoms with van der Waals surface area (Å²) in [6.07, 6.45) is 0.176. The number of nitrogens with zero attached hydrogens (tertiary/aromatic N) is 2. The molecule has 3 rings (SSSR count). The second kappa shape index (κ2) is 10.8. The van der Waals surface area contributed by atoms with E-state index in [2.05, 4.69) is 10.7 Å². The van der Waals surface area contributed by atoms with E-state index in [1.807, 2.05) is 55.5 Å². The molecule has 0 aliphatic carbocycles. The first kappa shape index (κ1) is 23.4. The smallest absolute Gasteiger partial charge is 0.254 e. The molecule has 3 N–H and O–H groups in total. The van der Waals surface area contributed by atoms with Gasteiger partial charge in [0.15, 0.2) is 5.11 Å². The Morgan fingerprint density at radius 1 is 1.09 bits per heavy atom. The largest absolute Gasteiger partial charge is 0.396 e. The van der Waals surface area contributed by atoms with Gasteiger partial charge in [-0.2, -0.15) is 0 Å². The molecule has 1 unspecified atom stereocenters. The molecule has 2 aromatic rings. The van der Waals surface area contributed by atoms with Crippen molar-refractivity contribution in [2.24, 2.45) is 0 Å². The average molecular weight is 455 g/mol. The van der Waals surface area contributed by atoms with Crippen molar-refractivity contribution in [1.29, 1.82) is 0 Å². The van der Waals surface area contributed by atoms with E-state index in [1.54, 1.807) is 6.07 Å². The third-order valence-corrected chi connectivity index (χ3v) is 5.39. The molecule has 0 radical (unpaired) electrons. The van der Waals surface area contributed by atoms with E-state index in [-0.39, 0.29) is 55.2 Å². The molecule has 0 saturated carbocycles. The van der Waals surface area contributed by atoms with Crippen molar-refractivity contribution in [1.82, 2.24) is 15.3 Å². The fourth-order valence-corrected chi connectivity index (χ4v) is 3.73. The van der Waals surface area contributed by atoms with Crippen LogP contribution in [0.15, 0.2) is 54.6 Å². The molecule has 2 aromatic carbocycles. The van der Waals surface area contributed by atoms with Crippen LogP contribution in [-0.4, -0.2) is 50.5 Å². The second-order valence-corrected chi connectivity index (χ2v) is 7.93. The number of aryl methyl sites for hydroxylation is 1. The Labute approximate surface area is 192 Å². The van der Waals surface area contributed by atoms with Crippen LogP contribution in [0.2, 0.25) is 0 Å². The van der Waals surface area contributed by atoms with Crippen LogP contribution < -0.4 is 10.7 Å². The lowest BCUT2D eigenvalue weighted by molar-refractivity contribution is -0.133. The fraction of sp³-hybridized carbons (Fsp3) is 0.304. The summed E-state index contributed by atoms with van der Waals surface area (Å²) >= 11 is 5.48. The molecule has 0 spiro atoms. The quantitative estimate of drug-likeness (QED) is 0.502. The Bertz CT molecular complexity index is 999. The van der Waals surface area contributed by atoms with Gasteiger partial charge in [0, 0.05) is 18.7 Å². The predicted molar refractivity (Wildman–Crippen MR) is 124 cm³/mol. The van der Waals surface area contributed by atoms with E-state index < -0.39 is 6.04 Å². The molecule has 3 amide bonds. The number of nitrogens with one attached hydrogen (secondary N) is 2. The minimum absolute atomic E-state index is 0.0741. The van der Waals surface area contributed by atoms with Crippen molar-refractivity contribution in [2.75, 3.05) is 11.9 Å². The summed E-state index contributed by atoms with van der Waals surface area (Å²) in [5.41, 5.74) is 5.13. The highest BCUT2D eigenvalue weighted by Gasteiger charge is 2.44. The van der Waals surface area contributed by atoms with Crippen LogP contribution in [0.3, 0.4) is 0 Å². The summed E-state index contributed by atoms with van der Waals surface area (Å²) < 4.78 is 0. The molecule has 168 valence electrons. The van der Waals surface area contributed by atoms with Gasteiger partial charge in [-0.25, -0.2) is 5.01 Å². The normalized spacial score (nSPS) is 15.8. The van der Waals surface area contributed by atoms with Crippen molar-refractivity contribution >= 4 is 40.7 Å². The van der Waals surface area contributed by atoms with Gasteiger partial charge in [0.05, 0.1) is 13.0 Å². The van der Waals surface area contributed by atoms with Gasteiger partial charge in [0.2, 0.25) is 11.8 Å². The number of carbonyl (C=O) groups is 3. The van der Waals surface area contributed by atoms with Crippen LogP contribution in [0.1, 0.15) is 30.4 Å². The van der Waals surface area contributed by atoms with Gasteiger partial charge in [0.1, 0.15) is 6.04 Å². The number of hydrogen-bond donors (Lipinski definition) is 3. The highest BCUT2D eigenvalue weighted by Crippen LogP contribution is 2.22. The molecule has 0 bridgehead atoms. The monoisotopic (exact) mass is 454 g/mol. The van der Waals surface area contributed by atoms with Crippen LogP contribution in [0.25, 0.3) is 0 Å². The van der Waals surface area contributed by atoms with E-state index >= 15 is 0 Å². The minimum Gasteiger partial charge on any atom is -0.396 e. The first-order valence-corrected chi connectivity index (χ1v) is 10.7. The summed E-state index contributed by atoms with van der Waals surface area (Å²) in [7, 11) is 0. The van der Waals surface area contributed by atoms with Gasteiger partial charge in [-0.15, -0.1) is 0 Å². The van der Waals surface area contributed by atoms with Gasteiger partial charge < -0.3 is 10.4 Å². The van der Waals surface area contributed by atoms with Crippen LogP contribution >= 0.6 is 12.2 Å². The summed E-state index contributed by atoms with van der Waals surface area (Å²) in [6, 6.07) is 15.7. The van der Waals surface area contributed by atoms with Crippen molar-refractivity contribution in [2.45, 2.75) is 38.8 Å². The van der Waals surface area contributed by atoms with Crippen molar-refractivity contribution in [3.05, 3.63) is 65.7 Å². The number of anilines is 1. The topological polar surface area (TPSA) is 102 Å². The lowest BCUT2D eigenvalue weighted by Crippen LogP contribution is -2.49. The molecule has 8 nitrogen and oxygen atoms in total. The number of benzene rings is 2. The standard InChI is InChI=1S/C23H26N4O4S/c1-16-7-5-10-18(13-16)24-21(30)14-19-22(31)26(15-17-8-3-2-4-9-17)23(32)27(19)25-20(29)11-6-12-28/h2-5,7-10,13,19,28H,6,11-12,14-15H2,1H3,(H,24,30)(H,25,29). The van der Waals surface area contributed by atoms with Crippen molar-refractivity contribution in [3.63, 3.8) is 0 Å². The SMILES string of the molecule is Cc1cccc(NC(=O)CC2C(=O)N(Cc3ccccc3)C(=S)N2NC(=O)CCCO)c1. The van der Waals surface area contributed by atoms with E-state index in [4.69, 9.17) is 17.3 Å². The van der Waals surface area contributed by atoms with Gasteiger partial charge in [-0.3, -0.25) is 24.7 Å². The molecule has 1 aliphatic heterocycles. The van der Waals surface area contributed by atoms with Gasteiger partial charge in [0.25, 0.3) is 5.91 Å². The predicted octanol–water partition coefficient (Wildman–Crippen LogP) is 2.13. The fourth-order valence-electron chi connectivity index (χ4n) is 3.40. The van der Waals surface area contributed by atoms with Crippen LogP contribution in [0.4, 0.5) is 5.69 Å². The number of hydrazine groups is 1. The zero-order valence-corrected chi connectivity index (χ0v) is 18.6. The first-order chi connectivity index (χ1) is 15.4. The summed E-state index contributed by atoms with van der Waals surface area (Å²) in [6.45, 7) is 2.02. The third-order valence-electron chi connectivity index (χ3n) is 4.97. The lowest BCUT2D eigenvalue weighted by atomic mass is 10.1. The Balaban J connectivity index is 1.77. The average Bonchev–Trinajstić information content (AvgIpc) is 2.97. The highest BCUT2D eigenvalue weighted by atomic mass is 32.1. The zero-order valence-electron chi connectivity index (χ0n) is 17.8. The summed E-state index contributed by atoms with van der Waals surface area (Å²) in [5, 5.41) is 13.2. The van der Waals surface area contributed by atoms with Crippen molar-refractivity contribution in [3.8, 4) is 0 Å². The lowest BCUT2D eigenvalue weighted by Gasteiger charge is -2.24. The van der Waals surface area contributed by atoms with Crippen molar-refractivity contribution < 1.29 is 19.5 Å². The molecule has 0 aromatic heterocycles. The number of amides is 3. The number of aliphatic hydroxyl groups excluding tert-OH is 1. The number of aliphatic hydroxyl groups is 1. The molecule has 1 aliphatic rings. The number of thiocarbonyl (C=S) groups is 1. The van der Waals surface area contributed by atoms with E-state index in [1.165, 1.54) is 9.91 Å². The number of carbonyl (C=O) groups excluding carboxylic acids is 3. The first-order valence-electron chi connectivity index (χ1n) is 10.3. The molecule has 32 heavy (non-hydrogen) atoms. The van der Waals surface area contributed by atoms with E-state index in [0.29, 0.717) is 5.69 Å². The molecule has 1 fully saturated rings. The van der Waals surface area contributed by atoms with E-state index in [0.717, 1.165) is 11.1 Å². The second-order valence-electron chi connectivity index (χ2n) is 7.56. The summed E-state index contributed by atoms with van der Waals surface area (Å²) in [5.74, 6) is -1.12. The van der Waals surface area contributed by atoms with Gasteiger partial charge in [-0.1, -0.05) is 42.5 Å². The summed E-state index contributed by atoms with van der Waals surface area (Å²) in [4.78, 5) is 39.6. The Kier molecular flexibility index (Phi) is 7.91. The van der Waals surface area contributed by atoms with E-state index in [9.17, 15) is 14.4 Å². The maximum absolute atomic E-state index is 13.2.